The van der Waals surface area contributed by atoms with Crippen LogP contribution in [0.25, 0.3) is 0 Å². The highest BCUT2D eigenvalue weighted by atomic mass is 79.9. The molecule has 20 heavy (non-hydrogen) atoms. The molecule has 1 aliphatic heterocycles. The van der Waals surface area contributed by atoms with Crippen LogP contribution in [-0.4, -0.2) is 34.6 Å². The van der Waals surface area contributed by atoms with Crippen molar-refractivity contribution in [1.29, 1.82) is 0 Å². The molecule has 4 nitrogen and oxygen atoms in total. The van der Waals surface area contributed by atoms with Gasteiger partial charge in [0.1, 0.15) is 11.9 Å². The van der Waals surface area contributed by atoms with Gasteiger partial charge in [-0.25, -0.2) is 9.97 Å². The van der Waals surface area contributed by atoms with E-state index in [1.54, 1.807) is 0 Å². The van der Waals surface area contributed by atoms with E-state index in [1.807, 2.05) is 11.8 Å². The van der Waals surface area contributed by atoms with Crippen LogP contribution in [0, 0.1) is 5.92 Å². The van der Waals surface area contributed by atoms with Gasteiger partial charge in [-0.1, -0.05) is 13.8 Å². The van der Waals surface area contributed by atoms with E-state index < -0.39 is 0 Å². The van der Waals surface area contributed by atoms with E-state index >= 15 is 0 Å². The Morgan fingerprint density at radius 2 is 2.25 bits per heavy atom. The lowest BCUT2D eigenvalue weighted by Crippen LogP contribution is -2.20. The second-order valence-electron chi connectivity index (χ2n) is 5.25. The lowest BCUT2D eigenvalue weighted by atomic mass is 10.1. The third-order valence-corrected chi connectivity index (χ3v) is 4.81. The monoisotopic (exact) mass is 359 g/mol. The van der Waals surface area contributed by atoms with Gasteiger partial charge in [0.25, 0.3) is 0 Å². The Hall–Kier alpha value is -0.330. The molecule has 0 amide bonds. The highest BCUT2D eigenvalue weighted by molar-refractivity contribution is 9.10. The molecule has 2 rings (SSSR count). The van der Waals surface area contributed by atoms with Gasteiger partial charge in [-0.3, -0.25) is 0 Å². The number of ether oxygens (including phenoxy) is 1. The maximum Gasteiger partial charge on any atom is 0.160 e. The number of aromatic nitrogens is 2. The predicted molar refractivity (Wildman–Crippen MR) is 88.5 cm³/mol. The van der Waals surface area contributed by atoms with Crippen LogP contribution in [0.4, 0.5) is 5.82 Å². The van der Waals surface area contributed by atoms with Crippen molar-refractivity contribution < 1.29 is 4.74 Å². The molecule has 0 aliphatic carbocycles. The van der Waals surface area contributed by atoms with Crippen LogP contribution in [0.2, 0.25) is 0 Å². The van der Waals surface area contributed by atoms with E-state index in [1.165, 1.54) is 0 Å². The van der Waals surface area contributed by atoms with Crippen molar-refractivity contribution in [2.45, 2.75) is 33.3 Å². The highest BCUT2D eigenvalue weighted by Gasteiger charge is 2.22. The summed E-state index contributed by atoms with van der Waals surface area (Å²) in [5.41, 5.74) is 1.07. The summed E-state index contributed by atoms with van der Waals surface area (Å²) in [5.74, 6) is 4.25. The van der Waals surface area contributed by atoms with Crippen molar-refractivity contribution in [3.8, 4) is 0 Å². The smallest absolute Gasteiger partial charge is 0.160 e. The van der Waals surface area contributed by atoms with E-state index in [2.05, 4.69) is 47.0 Å². The van der Waals surface area contributed by atoms with Crippen molar-refractivity contribution in [2.24, 2.45) is 5.92 Å². The molecule has 1 saturated heterocycles. The van der Waals surface area contributed by atoms with Gasteiger partial charge in [0.2, 0.25) is 0 Å². The molecule has 2 heterocycles. The molecule has 1 aliphatic rings. The number of nitrogens with one attached hydrogen (secondary N) is 1. The second kappa shape index (κ2) is 7.61. The zero-order chi connectivity index (χ0) is 14.5. The summed E-state index contributed by atoms with van der Waals surface area (Å²) in [6.07, 6.45) is 0.958. The zero-order valence-corrected chi connectivity index (χ0v) is 14.7. The van der Waals surface area contributed by atoms with Crippen LogP contribution in [0.5, 0.6) is 0 Å². The largest absolute Gasteiger partial charge is 0.369 e. The molecule has 0 saturated carbocycles. The number of nitrogens with zero attached hydrogens (tertiary/aromatic N) is 2. The van der Waals surface area contributed by atoms with Gasteiger partial charge in [0.05, 0.1) is 16.8 Å². The first-order valence-corrected chi connectivity index (χ1v) is 9.06. The molecular formula is C14H22BrN3OS. The van der Waals surface area contributed by atoms with E-state index in [9.17, 15) is 0 Å². The standard InChI is InChI=1S/C14H22BrN3OS/c1-4-16-14-12(15)10(7-9(2)3)17-13(18-14)11-8-20-6-5-19-11/h9,11H,4-8H2,1-3H3,(H,16,17,18). The summed E-state index contributed by atoms with van der Waals surface area (Å²) < 4.78 is 6.79. The molecule has 112 valence electrons. The Morgan fingerprint density at radius 3 is 2.85 bits per heavy atom. The number of anilines is 1. The average Bonchev–Trinajstić information content (AvgIpc) is 2.44. The van der Waals surface area contributed by atoms with Gasteiger partial charge in [0, 0.05) is 18.1 Å². The number of thioether (sulfide) groups is 1. The summed E-state index contributed by atoms with van der Waals surface area (Å²) >= 11 is 5.54. The lowest BCUT2D eigenvalue weighted by Gasteiger charge is -2.23. The van der Waals surface area contributed by atoms with Crippen LogP contribution in [0.1, 0.15) is 38.4 Å². The fourth-order valence-electron chi connectivity index (χ4n) is 2.10. The number of hydrogen-bond acceptors (Lipinski definition) is 5. The molecule has 1 aromatic rings. The zero-order valence-electron chi connectivity index (χ0n) is 12.3. The first-order valence-electron chi connectivity index (χ1n) is 7.11. The Labute approximate surface area is 133 Å². The Kier molecular flexibility index (Phi) is 6.11. The summed E-state index contributed by atoms with van der Waals surface area (Å²) in [7, 11) is 0. The fourth-order valence-corrected chi connectivity index (χ4v) is 3.42. The van der Waals surface area contributed by atoms with Gasteiger partial charge >= 0.3 is 0 Å². The van der Waals surface area contributed by atoms with E-state index in [-0.39, 0.29) is 6.10 Å². The van der Waals surface area contributed by atoms with E-state index in [4.69, 9.17) is 9.72 Å². The van der Waals surface area contributed by atoms with Gasteiger partial charge in [0.15, 0.2) is 5.82 Å². The van der Waals surface area contributed by atoms with Crippen LogP contribution >= 0.6 is 27.7 Å². The van der Waals surface area contributed by atoms with Crippen molar-refractivity contribution >= 4 is 33.5 Å². The van der Waals surface area contributed by atoms with Crippen LogP contribution in [0.3, 0.4) is 0 Å². The SMILES string of the molecule is CCNc1nc(C2CSCCO2)nc(CC(C)C)c1Br. The molecule has 1 aromatic heterocycles. The molecule has 0 aromatic carbocycles. The molecule has 1 fully saturated rings. The van der Waals surface area contributed by atoms with Crippen molar-refractivity contribution in [1.82, 2.24) is 9.97 Å². The maximum absolute atomic E-state index is 5.81. The fraction of sp³-hybridized carbons (Fsp3) is 0.714. The number of halogens is 1. The van der Waals surface area contributed by atoms with Crippen LogP contribution in [-0.2, 0) is 11.2 Å². The molecule has 1 unspecified atom stereocenters. The van der Waals surface area contributed by atoms with Crippen LogP contribution in [0.15, 0.2) is 4.47 Å². The third-order valence-electron chi connectivity index (χ3n) is 2.99. The van der Waals surface area contributed by atoms with Crippen molar-refractivity contribution in [2.75, 3.05) is 30.0 Å². The van der Waals surface area contributed by atoms with Gasteiger partial charge in [-0.05, 0) is 35.2 Å². The highest BCUT2D eigenvalue weighted by Crippen LogP contribution is 2.30. The number of hydrogen-bond donors (Lipinski definition) is 1. The molecule has 6 heteroatoms. The predicted octanol–water partition coefficient (Wildman–Crippen LogP) is 3.67. The van der Waals surface area contributed by atoms with Crippen molar-refractivity contribution in [3.05, 3.63) is 16.0 Å². The van der Waals surface area contributed by atoms with E-state index in [0.29, 0.717) is 5.92 Å². The topological polar surface area (TPSA) is 47.0 Å². The summed E-state index contributed by atoms with van der Waals surface area (Å²) in [4.78, 5) is 9.39. The quantitative estimate of drug-likeness (QED) is 0.868. The normalized spacial score (nSPS) is 19.4. The first kappa shape index (κ1) is 16.0. The summed E-state index contributed by atoms with van der Waals surface area (Å²) in [6, 6.07) is 0. The average molecular weight is 360 g/mol. The Balaban J connectivity index is 2.32. The molecule has 0 bridgehead atoms. The molecular weight excluding hydrogens is 338 g/mol. The minimum absolute atomic E-state index is 0.0187. The third kappa shape index (κ3) is 4.09. The Morgan fingerprint density at radius 1 is 1.45 bits per heavy atom. The van der Waals surface area contributed by atoms with Crippen LogP contribution < -0.4 is 5.32 Å². The van der Waals surface area contributed by atoms with Gasteiger partial charge in [-0.2, -0.15) is 11.8 Å². The Bertz CT molecular complexity index is 450. The molecule has 0 radical (unpaired) electrons. The van der Waals surface area contributed by atoms with Crippen molar-refractivity contribution in [3.63, 3.8) is 0 Å². The molecule has 1 atom stereocenters. The minimum Gasteiger partial charge on any atom is -0.369 e. The first-order chi connectivity index (χ1) is 9.61. The molecule has 1 N–H and O–H groups in total. The van der Waals surface area contributed by atoms with Gasteiger partial charge in [-0.15, -0.1) is 0 Å². The van der Waals surface area contributed by atoms with E-state index in [0.717, 1.165) is 52.9 Å². The van der Waals surface area contributed by atoms with Gasteiger partial charge < -0.3 is 10.1 Å². The minimum atomic E-state index is 0.0187. The summed E-state index contributed by atoms with van der Waals surface area (Å²) in [6.45, 7) is 8.10. The second-order valence-corrected chi connectivity index (χ2v) is 7.20. The molecule has 0 spiro atoms. The summed E-state index contributed by atoms with van der Waals surface area (Å²) in [5, 5.41) is 3.31. The number of rotatable bonds is 5. The maximum atomic E-state index is 5.81. The lowest BCUT2D eigenvalue weighted by molar-refractivity contribution is 0.0693.